The van der Waals surface area contributed by atoms with E-state index in [1.165, 1.54) is 51.4 Å². The van der Waals surface area contributed by atoms with Gasteiger partial charge in [-0.15, -0.1) is 0 Å². The van der Waals surface area contributed by atoms with Gasteiger partial charge in [0.2, 0.25) is 0 Å². The molecule has 0 aliphatic heterocycles. The van der Waals surface area contributed by atoms with E-state index in [0.717, 1.165) is 23.2 Å². The molecule has 0 heterocycles. The highest BCUT2D eigenvalue weighted by molar-refractivity contribution is 4.87. The highest BCUT2D eigenvalue weighted by Crippen LogP contribution is 2.48. The van der Waals surface area contributed by atoms with Crippen molar-refractivity contribution >= 4 is 0 Å². The maximum atomic E-state index is 2.44. The maximum Gasteiger partial charge on any atom is -0.0302 e. The Morgan fingerprint density at radius 1 is 0.765 bits per heavy atom. The molecule has 0 radical (unpaired) electrons. The fourth-order valence-electron chi connectivity index (χ4n) is 4.44. The molecule has 0 spiro atoms. The topological polar surface area (TPSA) is 0 Å². The fourth-order valence-corrected chi connectivity index (χ4v) is 4.44. The van der Waals surface area contributed by atoms with E-state index in [-0.39, 0.29) is 0 Å². The molecular weight excluding hydrogens is 204 g/mol. The molecule has 0 N–H and O–H groups in total. The number of hydrogen-bond donors (Lipinski definition) is 0. The van der Waals surface area contributed by atoms with Gasteiger partial charge in [-0.25, -0.2) is 0 Å². The van der Waals surface area contributed by atoms with Crippen LogP contribution >= 0.6 is 0 Å². The average molecular weight is 236 g/mol. The van der Waals surface area contributed by atoms with Crippen molar-refractivity contribution < 1.29 is 0 Å². The third-order valence-electron chi connectivity index (χ3n) is 6.32. The second-order valence-corrected chi connectivity index (χ2v) is 7.06. The third kappa shape index (κ3) is 3.06. The Morgan fingerprint density at radius 2 is 1.24 bits per heavy atom. The van der Waals surface area contributed by atoms with Crippen LogP contribution < -0.4 is 0 Å². The highest BCUT2D eigenvalue weighted by atomic mass is 14.4. The van der Waals surface area contributed by atoms with Crippen LogP contribution in [0.3, 0.4) is 0 Å². The SMILES string of the molecule is CCC1(CC)CCC(C2CCC(C)CC2)CC1. The van der Waals surface area contributed by atoms with E-state index >= 15 is 0 Å². The number of hydrogen-bond acceptors (Lipinski definition) is 0. The minimum atomic E-state index is 0.735. The normalized spacial score (nSPS) is 34.8. The zero-order chi connectivity index (χ0) is 12.3. The fraction of sp³-hybridized carbons (Fsp3) is 1.00. The average Bonchev–Trinajstić information content (AvgIpc) is 2.40. The molecule has 0 unspecified atom stereocenters. The lowest BCUT2D eigenvalue weighted by atomic mass is 9.63. The number of rotatable bonds is 3. The summed E-state index contributed by atoms with van der Waals surface area (Å²) in [6.45, 7) is 7.26. The second-order valence-electron chi connectivity index (χ2n) is 7.06. The van der Waals surface area contributed by atoms with Crippen LogP contribution in [0.25, 0.3) is 0 Å². The van der Waals surface area contributed by atoms with E-state index in [1.54, 1.807) is 12.8 Å². The van der Waals surface area contributed by atoms with Crippen LogP contribution in [0.15, 0.2) is 0 Å². The van der Waals surface area contributed by atoms with E-state index in [0.29, 0.717) is 0 Å². The van der Waals surface area contributed by atoms with Crippen molar-refractivity contribution in [3.8, 4) is 0 Å². The van der Waals surface area contributed by atoms with Crippen molar-refractivity contribution in [2.75, 3.05) is 0 Å². The largest absolute Gasteiger partial charge is 0.0649 e. The van der Waals surface area contributed by atoms with E-state index in [2.05, 4.69) is 20.8 Å². The van der Waals surface area contributed by atoms with Gasteiger partial charge in [0.25, 0.3) is 0 Å². The molecule has 2 saturated carbocycles. The van der Waals surface area contributed by atoms with E-state index in [9.17, 15) is 0 Å². The lowest BCUT2D eigenvalue weighted by Gasteiger charge is -2.43. The van der Waals surface area contributed by atoms with Crippen LogP contribution in [0.4, 0.5) is 0 Å². The molecule has 2 aliphatic carbocycles. The molecule has 0 aromatic rings. The molecule has 0 bridgehead atoms. The Kier molecular flexibility index (Phi) is 4.55. The lowest BCUT2D eigenvalue weighted by Crippen LogP contribution is -2.30. The smallest absolute Gasteiger partial charge is 0.0302 e. The quantitative estimate of drug-likeness (QED) is 0.580. The summed E-state index contributed by atoms with van der Waals surface area (Å²) in [5.74, 6) is 3.20. The van der Waals surface area contributed by atoms with Crippen molar-refractivity contribution in [2.24, 2.45) is 23.2 Å². The minimum Gasteiger partial charge on any atom is -0.0649 e. The highest BCUT2D eigenvalue weighted by Gasteiger charge is 2.35. The first kappa shape index (κ1) is 13.4. The Hall–Kier alpha value is 0. The predicted octanol–water partition coefficient (Wildman–Crippen LogP) is 5.81. The second kappa shape index (κ2) is 5.76. The molecule has 0 atom stereocenters. The first-order chi connectivity index (χ1) is 8.19. The Balaban J connectivity index is 1.82. The summed E-state index contributed by atoms with van der Waals surface area (Å²) in [6, 6.07) is 0. The molecule has 0 saturated heterocycles. The van der Waals surface area contributed by atoms with Gasteiger partial charge in [-0.05, 0) is 61.7 Å². The van der Waals surface area contributed by atoms with Gasteiger partial charge in [-0.3, -0.25) is 0 Å². The van der Waals surface area contributed by atoms with Crippen molar-refractivity contribution in [2.45, 2.75) is 85.0 Å². The Morgan fingerprint density at radius 3 is 1.71 bits per heavy atom. The van der Waals surface area contributed by atoms with Crippen molar-refractivity contribution in [3.05, 3.63) is 0 Å². The monoisotopic (exact) mass is 236 g/mol. The molecule has 0 aromatic heterocycles. The summed E-state index contributed by atoms with van der Waals surface area (Å²) in [5, 5.41) is 0. The van der Waals surface area contributed by atoms with Gasteiger partial charge in [0.1, 0.15) is 0 Å². The van der Waals surface area contributed by atoms with E-state index in [4.69, 9.17) is 0 Å². The molecule has 0 heteroatoms. The molecule has 2 fully saturated rings. The van der Waals surface area contributed by atoms with Crippen molar-refractivity contribution in [1.29, 1.82) is 0 Å². The summed E-state index contributed by atoms with van der Waals surface area (Å²) < 4.78 is 0. The minimum absolute atomic E-state index is 0.735. The maximum absolute atomic E-state index is 2.44. The van der Waals surface area contributed by atoms with E-state index in [1.807, 2.05) is 0 Å². The van der Waals surface area contributed by atoms with Crippen LogP contribution in [0.1, 0.15) is 85.0 Å². The van der Waals surface area contributed by atoms with Gasteiger partial charge in [-0.2, -0.15) is 0 Å². The van der Waals surface area contributed by atoms with Crippen LogP contribution in [0.2, 0.25) is 0 Å². The summed E-state index contributed by atoms with van der Waals surface area (Å²) in [5.41, 5.74) is 0.735. The first-order valence-corrected chi connectivity index (χ1v) is 8.19. The van der Waals surface area contributed by atoms with Gasteiger partial charge in [0.05, 0.1) is 0 Å². The van der Waals surface area contributed by atoms with Crippen LogP contribution in [-0.2, 0) is 0 Å². The van der Waals surface area contributed by atoms with E-state index < -0.39 is 0 Å². The third-order valence-corrected chi connectivity index (χ3v) is 6.32. The Labute approximate surface area is 109 Å². The van der Waals surface area contributed by atoms with Gasteiger partial charge < -0.3 is 0 Å². The molecule has 17 heavy (non-hydrogen) atoms. The van der Waals surface area contributed by atoms with Gasteiger partial charge in [0, 0.05) is 0 Å². The van der Waals surface area contributed by atoms with Gasteiger partial charge in [-0.1, -0.05) is 46.5 Å². The predicted molar refractivity (Wildman–Crippen MR) is 76.1 cm³/mol. The van der Waals surface area contributed by atoms with Crippen LogP contribution in [0.5, 0.6) is 0 Å². The molecular formula is C17H32. The molecule has 0 aromatic carbocycles. The summed E-state index contributed by atoms with van der Waals surface area (Å²) in [6.07, 6.45) is 15.1. The molecule has 0 nitrogen and oxygen atoms in total. The summed E-state index contributed by atoms with van der Waals surface area (Å²) in [4.78, 5) is 0. The van der Waals surface area contributed by atoms with Crippen molar-refractivity contribution in [3.63, 3.8) is 0 Å². The van der Waals surface area contributed by atoms with Crippen LogP contribution in [0, 0.1) is 23.2 Å². The van der Waals surface area contributed by atoms with Gasteiger partial charge in [0.15, 0.2) is 0 Å². The molecule has 100 valence electrons. The summed E-state index contributed by atoms with van der Waals surface area (Å²) in [7, 11) is 0. The lowest BCUT2D eigenvalue weighted by molar-refractivity contribution is 0.0879. The Bertz CT molecular complexity index is 208. The molecule has 2 aliphatic rings. The summed E-state index contributed by atoms with van der Waals surface area (Å²) >= 11 is 0. The first-order valence-electron chi connectivity index (χ1n) is 8.19. The molecule has 2 rings (SSSR count). The van der Waals surface area contributed by atoms with Crippen LogP contribution in [-0.4, -0.2) is 0 Å². The standard InChI is InChI=1S/C17H32/c1-4-17(5-2)12-10-16(11-13-17)15-8-6-14(3)7-9-15/h14-16H,4-13H2,1-3H3. The zero-order valence-electron chi connectivity index (χ0n) is 12.3. The zero-order valence-corrected chi connectivity index (χ0v) is 12.3. The molecule has 0 amide bonds. The van der Waals surface area contributed by atoms with Gasteiger partial charge >= 0.3 is 0 Å². The van der Waals surface area contributed by atoms with Crippen molar-refractivity contribution in [1.82, 2.24) is 0 Å².